The van der Waals surface area contributed by atoms with Crippen LogP contribution in [0.5, 0.6) is 28.9 Å². The molecule has 8 heteroatoms. The first-order valence-electron chi connectivity index (χ1n) is 8.97. The fourth-order valence-corrected chi connectivity index (χ4v) is 3.36. The van der Waals surface area contributed by atoms with Crippen molar-refractivity contribution >= 4 is 27.5 Å². The number of hydrogen-bond donors (Lipinski definition) is 1. The zero-order valence-corrected chi connectivity index (χ0v) is 18.6. The Hall–Kier alpha value is -3.26. The Kier molecular flexibility index (Phi) is 6.79. The van der Waals surface area contributed by atoms with E-state index >= 15 is 0 Å². The topological polar surface area (TPSA) is 78.9 Å². The first kappa shape index (κ1) is 21.4. The minimum absolute atomic E-state index is 0.324. The van der Waals surface area contributed by atoms with E-state index < -0.39 is 0 Å². The maximum absolute atomic E-state index is 12.8. The van der Waals surface area contributed by atoms with E-state index in [1.165, 1.54) is 27.5 Å². The van der Waals surface area contributed by atoms with Crippen LogP contribution in [0.3, 0.4) is 0 Å². The molecule has 1 aromatic heterocycles. The number of aryl methyl sites for hydroxylation is 1. The van der Waals surface area contributed by atoms with Crippen LogP contribution in [-0.2, 0) is 0 Å². The van der Waals surface area contributed by atoms with Gasteiger partial charge in [-0.15, -0.1) is 0 Å². The van der Waals surface area contributed by atoms with E-state index in [2.05, 4.69) is 26.2 Å². The third-order valence-corrected chi connectivity index (χ3v) is 5.04. The molecule has 1 amide bonds. The highest BCUT2D eigenvalue weighted by Gasteiger charge is 2.23. The number of nitrogens with zero attached hydrogens (tertiary/aromatic N) is 1. The molecule has 30 heavy (non-hydrogen) atoms. The molecule has 0 unspecified atom stereocenters. The fraction of sp³-hybridized carbons (Fsp3) is 0.182. The standard InChI is InChI=1S/C22H21BrN2O5/c1-13-5-8-15(9-6-13)30-18-10-7-14(12-24-18)25-22(26)16-11-17(27-2)20(28-3)21(29-4)19(16)23/h5-12H,1-4H3,(H,25,26). The molecule has 0 atom stereocenters. The second-order valence-corrected chi connectivity index (χ2v) is 7.05. The highest BCUT2D eigenvalue weighted by atomic mass is 79.9. The molecule has 0 bridgehead atoms. The lowest BCUT2D eigenvalue weighted by molar-refractivity contribution is 0.102. The van der Waals surface area contributed by atoms with Crippen molar-refractivity contribution in [1.82, 2.24) is 4.98 Å². The SMILES string of the molecule is COc1cc(C(=O)Nc2ccc(Oc3ccc(C)cc3)nc2)c(Br)c(OC)c1OC. The van der Waals surface area contributed by atoms with E-state index in [9.17, 15) is 4.79 Å². The summed E-state index contributed by atoms with van der Waals surface area (Å²) in [5.41, 5.74) is 1.98. The van der Waals surface area contributed by atoms with Gasteiger partial charge in [0.2, 0.25) is 11.6 Å². The largest absolute Gasteiger partial charge is 0.493 e. The summed E-state index contributed by atoms with van der Waals surface area (Å²) in [7, 11) is 4.47. The van der Waals surface area contributed by atoms with E-state index in [1.807, 2.05) is 31.2 Å². The summed E-state index contributed by atoms with van der Waals surface area (Å²) in [6, 6.07) is 12.6. The summed E-state index contributed by atoms with van der Waals surface area (Å²) < 4.78 is 22.2. The number of benzene rings is 2. The van der Waals surface area contributed by atoms with Crippen molar-refractivity contribution in [2.75, 3.05) is 26.6 Å². The van der Waals surface area contributed by atoms with Gasteiger partial charge in [-0.1, -0.05) is 17.7 Å². The number of carbonyl (C=O) groups excluding carboxylic acids is 1. The maximum Gasteiger partial charge on any atom is 0.257 e. The zero-order chi connectivity index (χ0) is 21.7. The molecule has 0 spiro atoms. The van der Waals surface area contributed by atoms with Crippen LogP contribution in [0, 0.1) is 6.92 Å². The van der Waals surface area contributed by atoms with Crippen molar-refractivity contribution in [3.8, 4) is 28.9 Å². The first-order valence-corrected chi connectivity index (χ1v) is 9.76. The molecule has 2 aromatic carbocycles. The van der Waals surface area contributed by atoms with Gasteiger partial charge in [0.05, 0.1) is 43.2 Å². The Bertz CT molecular complexity index is 1040. The number of halogens is 1. The molecular formula is C22H21BrN2O5. The number of amides is 1. The summed E-state index contributed by atoms with van der Waals surface area (Å²) in [5.74, 6) is 1.87. The summed E-state index contributed by atoms with van der Waals surface area (Å²) >= 11 is 3.41. The normalized spacial score (nSPS) is 10.3. The lowest BCUT2D eigenvalue weighted by Crippen LogP contribution is -2.14. The van der Waals surface area contributed by atoms with E-state index in [0.717, 1.165) is 5.56 Å². The third kappa shape index (κ3) is 4.65. The number of hydrogen-bond acceptors (Lipinski definition) is 6. The smallest absolute Gasteiger partial charge is 0.257 e. The van der Waals surface area contributed by atoms with Gasteiger partial charge < -0.3 is 24.3 Å². The molecule has 1 N–H and O–H groups in total. The van der Waals surface area contributed by atoms with Gasteiger partial charge in [-0.2, -0.15) is 0 Å². The predicted molar refractivity (Wildman–Crippen MR) is 117 cm³/mol. The van der Waals surface area contributed by atoms with Crippen LogP contribution < -0.4 is 24.3 Å². The van der Waals surface area contributed by atoms with Crippen molar-refractivity contribution < 1.29 is 23.7 Å². The number of rotatable bonds is 7. The second-order valence-electron chi connectivity index (χ2n) is 6.26. The minimum atomic E-state index is -0.366. The monoisotopic (exact) mass is 472 g/mol. The molecule has 0 aliphatic carbocycles. The Morgan fingerprint density at radius 1 is 0.967 bits per heavy atom. The second kappa shape index (κ2) is 9.49. The van der Waals surface area contributed by atoms with Crippen molar-refractivity contribution in [2.45, 2.75) is 6.92 Å². The third-order valence-electron chi connectivity index (χ3n) is 4.25. The lowest BCUT2D eigenvalue weighted by atomic mass is 10.1. The first-order chi connectivity index (χ1) is 14.5. The Morgan fingerprint density at radius 2 is 1.67 bits per heavy atom. The number of methoxy groups -OCH3 is 3. The zero-order valence-electron chi connectivity index (χ0n) is 17.0. The van der Waals surface area contributed by atoms with E-state index in [4.69, 9.17) is 18.9 Å². The van der Waals surface area contributed by atoms with Gasteiger partial charge in [0.25, 0.3) is 5.91 Å². The van der Waals surface area contributed by atoms with E-state index in [1.54, 1.807) is 18.2 Å². The van der Waals surface area contributed by atoms with Gasteiger partial charge in [0.1, 0.15) is 5.75 Å². The van der Waals surface area contributed by atoms with Gasteiger partial charge >= 0.3 is 0 Å². The Balaban J connectivity index is 1.78. The van der Waals surface area contributed by atoms with Crippen molar-refractivity contribution in [1.29, 1.82) is 0 Å². The van der Waals surface area contributed by atoms with Crippen LogP contribution in [0.25, 0.3) is 0 Å². The van der Waals surface area contributed by atoms with Crippen LogP contribution in [0.15, 0.2) is 53.1 Å². The van der Waals surface area contributed by atoms with Gasteiger partial charge in [-0.25, -0.2) is 4.98 Å². The molecule has 156 valence electrons. The van der Waals surface area contributed by atoms with Crippen LogP contribution >= 0.6 is 15.9 Å². The molecule has 0 aliphatic rings. The minimum Gasteiger partial charge on any atom is -0.493 e. The maximum atomic E-state index is 12.8. The summed E-state index contributed by atoms with van der Waals surface area (Å²) in [6.07, 6.45) is 1.52. The molecule has 0 radical (unpaired) electrons. The quantitative estimate of drug-likeness (QED) is 0.507. The Labute approximate surface area is 183 Å². The Morgan fingerprint density at radius 3 is 2.23 bits per heavy atom. The van der Waals surface area contributed by atoms with Crippen LogP contribution in [-0.4, -0.2) is 32.2 Å². The highest BCUT2D eigenvalue weighted by Crippen LogP contribution is 2.44. The van der Waals surface area contributed by atoms with Gasteiger partial charge in [-0.05, 0) is 47.1 Å². The number of aromatic nitrogens is 1. The van der Waals surface area contributed by atoms with Crippen LogP contribution in [0.2, 0.25) is 0 Å². The van der Waals surface area contributed by atoms with Crippen LogP contribution in [0.1, 0.15) is 15.9 Å². The molecule has 3 aromatic rings. The van der Waals surface area contributed by atoms with Crippen LogP contribution in [0.4, 0.5) is 5.69 Å². The molecule has 0 aliphatic heterocycles. The molecule has 0 saturated carbocycles. The lowest BCUT2D eigenvalue weighted by Gasteiger charge is -2.16. The predicted octanol–water partition coefficient (Wildman–Crippen LogP) is 5.22. The number of ether oxygens (including phenoxy) is 4. The summed E-state index contributed by atoms with van der Waals surface area (Å²) in [6.45, 7) is 2.01. The summed E-state index contributed by atoms with van der Waals surface area (Å²) in [5, 5.41) is 2.80. The molecule has 0 saturated heterocycles. The molecule has 3 rings (SSSR count). The fourth-order valence-electron chi connectivity index (χ4n) is 2.73. The van der Waals surface area contributed by atoms with E-state index in [0.29, 0.717) is 44.6 Å². The molecular weight excluding hydrogens is 452 g/mol. The van der Waals surface area contributed by atoms with E-state index in [-0.39, 0.29) is 5.91 Å². The van der Waals surface area contributed by atoms with Gasteiger partial charge in [-0.3, -0.25) is 4.79 Å². The average Bonchev–Trinajstić information content (AvgIpc) is 2.76. The van der Waals surface area contributed by atoms with Gasteiger partial charge in [0.15, 0.2) is 11.5 Å². The molecule has 1 heterocycles. The average molecular weight is 473 g/mol. The highest BCUT2D eigenvalue weighted by molar-refractivity contribution is 9.10. The number of nitrogens with one attached hydrogen (secondary N) is 1. The molecule has 0 fully saturated rings. The van der Waals surface area contributed by atoms with Crippen molar-refractivity contribution in [3.05, 3.63) is 64.3 Å². The van der Waals surface area contributed by atoms with Crippen molar-refractivity contribution in [2.24, 2.45) is 0 Å². The summed E-state index contributed by atoms with van der Waals surface area (Å²) in [4.78, 5) is 17.1. The number of anilines is 1. The molecule has 7 nitrogen and oxygen atoms in total. The van der Waals surface area contributed by atoms with Crippen molar-refractivity contribution in [3.63, 3.8) is 0 Å². The number of carbonyl (C=O) groups is 1. The number of pyridine rings is 1. The van der Waals surface area contributed by atoms with Gasteiger partial charge in [0, 0.05) is 6.07 Å².